The van der Waals surface area contributed by atoms with Crippen LogP contribution in [0.4, 0.5) is 6.01 Å². The fourth-order valence-electron chi connectivity index (χ4n) is 2.33. The molecule has 1 fully saturated rings. The molecule has 0 atom stereocenters. The minimum Gasteiger partial charge on any atom is -0.341 e. The summed E-state index contributed by atoms with van der Waals surface area (Å²) in [6.45, 7) is 2.28. The van der Waals surface area contributed by atoms with E-state index in [0.717, 1.165) is 11.7 Å². The van der Waals surface area contributed by atoms with E-state index in [9.17, 15) is 0 Å². The van der Waals surface area contributed by atoms with Crippen LogP contribution in [-0.2, 0) is 0 Å². The topological polar surface area (TPSA) is 51.0 Å². The number of nitrogens with zero attached hydrogens (tertiary/aromatic N) is 2. The van der Waals surface area contributed by atoms with Gasteiger partial charge in [-0.2, -0.15) is 4.98 Å². The number of aromatic nitrogens is 2. The minimum atomic E-state index is 0.513. The van der Waals surface area contributed by atoms with Gasteiger partial charge in [0.25, 0.3) is 0 Å². The maximum atomic E-state index is 5.05. The van der Waals surface area contributed by atoms with E-state index in [1.807, 2.05) is 0 Å². The van der Waals surface area contributed by atoms with Crippen molar-refractivity contribution in [2.24, 2.45) is 5.92 Å². The molecule has 0 aromatic carbocycles. The summed E-state index contributed by atoms with van der Waals surface area (Å²) in [6, 6.07) is 0.530. The van der Waals surface area contributed by atoms with Gasteiger partial charge in [0.05, 0.1) is 0 Å². The lowest BCUT2D eigenvalue weighted by Crippen LogP contribution is -2.13. The molecule has 1 N–H and O–H groups in total. The number of nitrogens with one attached hydrogen (secondary N) is 1. The molecule has 84 valence electrons. The Morgan fingerprint density at radius 3 is 2.60 bits per heavy atom. The number of rotatable bonds is 3. The molecule has 15 heavy (non-hydrogen) atoms. The molecule has 1 aromatic rings. The molecule has 0 bridgehead atoms. The van der Waals surface area contributed by atoms with Gasteiger partial charge in [0.2, 0.25) is 0 Å². The number of hydrogen-bond donors (Lipinski definition) is 1. The van der Waals surface area contributed by atoms with Crippen LogP contribution in [-0.4, -0.2) is 17.2 Å². The molecule has 0 spiro atoms. The van der Waals surface area contributed by atoms with Gasteiger partial charge in [-0.15, -0.1) is 0 Å². The third-order valence-electron chi connectivity index (χ3n) is 3.44. The quantitative estimate of drug-likeness (QED) is 0.831. The van der Waals surface area contributed by atoms with E-state index >= 15 is 0 Å². The summed E-state index contributed by atoms with van der Waals surface area (Å²) in [5.74, 6) is 2.31. The van der Waals surface area contributed by atoms with Crippen LogP contribution in [0.1, 0.15) is 50.8 Å². The summed E-state index contributed by atoms with van der Waals surface area (Å²) in [7, 11) is 1.80. The molecule has 2 rings (SSSR count). The SMILES string of the molecule is CCC1CCC(c2noc(NC)n2)CC1. The summed E-state index contributed by atoms with van der Waals surface area (Å²) in [5.41, 5.74) is 0. The number of hydrogen-bond acceptors (Lipinski definition) is 4. The minimum absolute atomic E-state index is 0.513. The van der Waals surface area contributed by atoms with Crippen LogP contribution in [0.2, 0.25) is 0 Å². The Morgan fingerprint density at radius 2 is 2.07 bits per heavy atom. The van der Waals surface area contributed by atoms with Gasteiger partial charge in [0, 0.05) is 13.0 Å². The zero-order valence-electron chi connectivity index (χ0n) is 9.49. The highest BCUT2D eigenvalue weighted by atomic mass is 16.5. The first-order chi connectivity index (χ1) is 7.33. The van der Waals surface area contributed by atoms with Crippen molar-refractivity contribution >= 4 is 6.01 Å². The Morgan fingerprint density at radius 1 is 1.33 bits per heavy atom. The largest absolute Gasteiger partial charge is 0.341 e. The summed E-state index contributed by atoms with van der Waals surface area (Å²) in [5, 5.41) is 6.88. The molecule has 1 saturated carbocycles. The second-order valence-corrected chi connectivity index (χ2v) is 4.33. The molecule has 0 unspecified atom stereocenters. The summed E-state index contributed by atoms with van der Waals surface area (Å²) in [6.07, 6.45) is 6.35. The third kappa shape index (κ3) is 2.30. The van der Waals surface area contributed by atoms with Gasteiger partial charge in [-0.3, -0.25) is 0 Å². The molecule has 0 saturated heterocycles. The molecule has 0 amide bonds. The Balaban J connectivity index is 1.95. The first-order valence-corrected chi connectivity index (χ1v) is 5.84. The average Bonchev–Trinajstić information content (AvgIpc) is 2.78. The van der Waals surface area contributed by atoms with Crippen molar-refractivity contribution in [3.05, 3.63) is 5.82 Å². The normalized spacial score (nSPS) is 26.5. The predicted molar refractivity (Wildman–Crippen MR) is 58.8 cm³/mol. The van der Waals surface area contributed by atoms with Crippen molar-refractivity contribution in [3.8, 4) is 0 Å². The zero-order valence-corrected chi connectivity index (χ0v) is 9.49. The Hall–Kier alpha value is -1.06. The van der Waals surface area contributed by atoms with Gasteiger partial charge in [-0.25, -0.2) is 0 Å². The zero-order chi connectivity index (χ0) is 10.7. The van der Waals surface area contributed by atoms with E-state index in [1.54, 1.807) is 7.05 Å². The lowest BCUT2D eigenvalue weighted by Gasteiger charge is -2.25. The molecular weight excluding hydrogens is 190 g/mol. The molecule has 0 aliphatic heterocycles. The van der Waals surface area contributed by atoms with Gasteiger partial charge in [0.15, 0.2) is 5.82 Å². The first-order valence-electron chi connectivity index (χ1n) is 5.84. The Labute approximate surface area is 90.4 Å². The summed E-state index contributed by atoms with van der Waals surface area (Å²) < 4.78 is 5.05. The van der Waals surface area contributed by atoms with Crippen molar-refractivity contribution in [3.63, 3.8) is 0 Å². The third-order valence-corrected chi connectivity index (χ3v) is 3.44. The second kappa shape index (κ2) is 4.64. The average molecular weight is 209 g/mol. The van der Waals surface area contributed by atoms with Crippen LogP contribution >= 0.6 is 0 Å². The van der Waals surface area contributed by atoms with Gasteiger partial charge in [-0.1, -0.05) is 18.5 Å². The van der Waals surface area contributed by atoms with Gasteiger partial charge >= 0.3 is 6.01 Å². The summed E-state index contributed by atoms with van der Waals surface area (Å²) in [4.78, 5) is 4.31. The Bertz CT molecular complexity index is 303. The van der Waals surface area contributed by atoms with Gasteiger partial charge in [-0.05, 0) is 31.6 Å². The molecule has 0 radical (unpaired) electrons. The fourth-order valence-corrected chi connectivity index (χ4v) is 2.33. The van der Waals surface area contributed by atoms with Gasteiger partial charge < -0.3 is 9.84 Å². The van der Waals surface area contributed by atoms with E-state index in [-0.39, 0.29) is 0 Å². The van der Waals surface area contributed by atoms with E-state index in [0.29, 0.717) is 11.9 Å². The van der Waals surface area contributed by atoms with E-state index in [2.05, 4.69) is 22.4 Å². The van der Waals surface area contributed by atoms with E-state index in [4.69, 9.17) is 4.52 Å². The van der Waals surface area contributed by atoms with Crippen LogP contribution in [0.25, 0.3) is 0 Å². The van der Waals surface area contributed by atoms with Crippen molar-refractivity contribution in [2.75, 3.05) is 12.4 Å². The molecule has 4 heteroatoms. The molecule has 1 aliphatic rings. The maximum Gasteiger partial charge on any atom is 0.321 e. The highest BCUT2D eigenvalue weighted by molar-refractivity contribution is 5.17. The molecular formula is C11H19N3O. The van der Waals surface area contributed by atoms with Crippen molar-refractivity contribution < 1.29 is 4.52 Å². The van der Waals surface area contributed by atoms with Crippen LogP contribution < -0.4 is 5.32 Å². The lowest BCUT2D eigenvalue weighted by atomic mass is 9.80. The number of anilines is 1. The van der Waals surface area contributed by atoms with Crippen LogP contribution in [0.15, 0.2) is 4.52 Å². The highest BCUT2D eigenvalue weighted by Gasteiger charge is 2.24. The van der Waals surface area contributed by atoms with Crippen molar-refractivity contribution in [1.82, 2.24) is 10.1 Å². The highest BCUT2D eigenvalue weighted by Crippen LogP contribution is 2.35. The van der Waals surface area contributed by atoms with Crippen molar-refractivity contribution in [2.45, 2.75) is 44.9 Å². The fraction of sp³-hybridized carbons (Fsp3) is 0.818. The lowest BCUT2D eigenvalue weighted by molar-refractivity contribution is 0.305. The second-order valence-electron chi connectivity index (χ2n) is 4.33. The summed E-state index contributed by atoms with van der Waals surface area (Å²) >= 11 is 0. The maximum absolute atomic E-state index is 5.05. The first kappa shape index (κ1) is 10.5. The van der Waals surface area contributed by atoms with Crippen LogP contribution in [0.5, 0.6) is 0 Å². The standard InChI is InChI=1S/C11H19N3O/c1-3-8-4-6-9(7-5-8)10-13-11(12-2)15-14-10/h8-9H,3-7H2,1-2H3,(H,12,13,14). The molecule has 1 heterocycles. The van der Waals surface area contributed by atoms with Crippen LogP contribution in [0.3, 0.4) is 0 Å². The van der Waals surface area contributed by atoms with Gasteiger partial charge in [0.1, 0.15) is 0 Å². The monoisotopic (exact) mass is 209 g/mol. The predicted octanol–water partition coefficient (Wildman–Crippen LogP) is 2.80. The van der Waals surface area contributed by atoms with Crippen molar-refractivity contribution in [1.29, 1.82) is 0 Å². The molecule has 1 aromatic heterocycles. The molecule has 1 aliphatic carbocycles. The Kier molecular flexibility index (Phi) is 3.23. The molecule has 4 nitrogen and oxygen atoms in total. The van der Waals surface area contributed by atoms with E-state index in [1.165, 1.54) is 32.1 Å². The smallest absolute Gasteiger partial charge is 0.321 e. The van der Waals surface area contributed by atoms with Crippen LogP contribution in [0, 0.1) is 5.92 Å². The van der Waals surface area contributed by atoms with E-state index < -0.39 is 0 Å².